The summed E-state index contributed by atoms with van der Waals surface area (Å²) in [7, 11) is -3.49. The zero-order valence-corrected chi connectivity index (χ0v) is 17.1. The van der Waals surface area contributed by atoms with Crippen molar-refractivity contribution in [2.24, 2.45) is 5.92 Å². The first-order chi connectivity index (χ1) is 12.9. The number of nitrogens with one attached hydrogen (secondary N) is 2. The Morgan fingerprint density at radius 3 is 2.41 bits per heavy atom. The number of nitrogens with zero attached hydrogens (tertiary/aromatic N) is 1. The van der Waals surface area contributed by atoms with Gasteiger partial charge < -0.3 is 10.6 Å². The average molecular weight is 394 g/mol. The van der Waals surface area contributed by atoms with Crippen LogP contribution in [0.2, 0.25) is 0 Å². The summed E-state index contributed by atoms with van der Waals surface area (Å²) in [4.78, 5) is 12.7. The number of amides is 1. The summed E-state index contributed by atoms with van der Waals surface area (Å²) in [6, 6.07) is 7.53. The number of rotatable bonds is 6. The highest BCUT2D eigenvalue weighted by Crippen LogP contribution is 2.25. The third kappa shape index (κ3) is 4.89. The molecule has 1 amide bonds. The summed E-state index contributed by atoms with van der Waals surface area (Å²) in [6.07, 6.45) is 3.42. The van der Waals surface area contributed by atoms with E-state index in [0.29, 0.717) is 49.3 Å². The summed E-state index contributed by atoms with van der Waals surface area (Å²) in [5.74, 6) is 0.332. The Bertz CT molecular complexity index is 732. The van der Waals surface area contributed by atoms with Crippen LogP contribution in [0, 0.1) is 5.92 Å². The quantitative estimate of drug-likeness (QED) is 0.776. The van der Waals surface area contributed by atoms with Gasteiger partial charge >= 0.3 is 0 Å². The normalized spacial score (nSPS) is 22.3. The van der Waals surface area contributed by atoms with Crippen molar-refractivity contribution in [1.82, 2.24) is 14.9 Å². The van der Waals surface area contributed by atoms with Gasteiger partial charge in [0.25, 0.3) is 0 Å². The molecule has 2 aliphatic rings. The fraction of sp³-hybridized carbons (Fsp3) is 0.650. The Morgan fingerprint density at radius 1 is 1.19 bits per heavy atom. The molecule has 2 heterocycles. The van der Waals surface area contributed by atoms with Gasteiger partial charge in [-0.25, -0.2) is 8.42 Å². The fourth-order valence-corrected chi connectivity index (χ4v) is 5.30. The Labute approximate surface area is 162 Å². The zero-order valence-electron chi connectivity index (χ0n) is 16.3. The highest BCUT2D eigenvalue weighted by Gasteiger charge is 2.32. The summed E-state index contributed by atoms with van der Waals surface area (Å²) < 4.78 is 27.2. The number of benzene rings is 1. The molecule has 1 unspecified atom stereocenters. The van der Waals surface area contributed by atoms with Crippen LogP contribution in [-0.4, -0.2) is 50.9 Å². The Balaban J connectivity index is 1.53. The molecule has 2 saturated heterocycles. The molecule has 1 atom stereocenters. The van der Waals surface area contributed by atoms with E-state index in [1.54, 1.807) is 12.1 Å². The van der Waals surface area contributed by atoms with Gasteiger partial charge in [0.05, 0.1) is 4.90 Å². The monoisotopic (exact) mass is 393 g/mol. The first-order valence-corrected chi connectivity index (χ1v) is 11.4. The van der Waals surface area contributed by atoms with Gasteiger partial charge in [-0.3, -0.25) is 4.79 Å². The van der Waals surface area contributed by atoms with Crippen molar-refractivity contribution in [3.05, 3.63) is 29.8 Å². The van der Waals surface area contributed by atoms with Crippen molar-refractivity contribution in [1.29, 1.82) is 0 Å². The molecule has 0 bridgehead atoms. The van der Waals surface area contributed by atoms with Gasteiger partial charge in [0, 0.05) is 31.6 Å². The number of hydrogen-bond acceptors (Lipinski definition) is 4. The summed E-state index contributed by atoms with van der Waals surface area (Å²) in [5, 5.41) is 6.40. The smallest absolute Gasteiger partial charge is 0.243 e. The van der Waals surface area contributed by atoms with Crippen LogP contribution >= 0.6 is 0 Å². The third-order valence-electron chi connectivity index (χ3n) is 5.69. The lowest BCUT2D eigenvalue weighted by molar-refractivity contribution is -0.126. The summed E-state index contributed by atoms with van der Waals surface area (Å²) >= 11 is 0. The molecule has 0 spiro atoms. The van der Waals surface area contributed by atoms with Crippen molar-refractivity contribution in [3.63, 3.8) is 0 Å². The lowest BCUT2D eigenvalue weighted by Crippen LogP contribution is -2.45. The predicted octanol–water partition coefficient (Wildman–Crippen LogP) is 2.08. The lowest BCUT2D eigenvalue weighted by atomic mass is 9.97. The highest BCUT2D eigenvalue weighted by molar-refractivity contribution is 7.89. The molecule has 27 heavy (non-hydrogen) atoms. The largest absolute Gasteiger partial charge is 0.354 e. The number of hydrogen-bond donors (Lipinski definition) is 2. The van der Waals surface area contributed by atoms with E-state index in [1.807, 2.05) is 12.1 Å². The lowest BCUT2D eigenvalue weighted by Gasteiger charge is -2.30. The van der Waals surface area contributed by atoms with Crippen LogP contribution in [0.25, 0.3) is 0 Å². The van der Waals surface area contributed by atoms with E-state index >= 15 is 0 Å². The molecule has 2 N–H and O–H groups in total. The maximum atomic E-state index is 12.9. The second kappa shape index (κ2) is 8.71. The molecule has 0 radical (unpaired) electrons. The molecule has 0 aliphatic carbocycles. The highest BCUT2D eigenvalue weighted by atomic mass is 32.2. The zero-order chi connectivity index (χ0) is 19.4. The van der Waals surface area contributed by atoms with Gasteiger partial charge in [0.2, 0.25) is 15.9 Å². The van der Waals surface area contributed by atoms with Crippen molar-refractivity contribution in [2.45, 2.75) is 56.4 Å². The van der Waals surface area contributed by atoms with Crippen LogP contribution in [0.1, 0.15) is 51.0 Å². The topological polar surface area (TPSA) is 78.5 Å². The minimum Gasteiger partial charge on any atom is -0.354 e. The molecule has 6 nitrogen and oxygen atoms in total. The molecule has 2 fully saturated rings. The van der Waals surface area contributed by atoms with E-state index in [1.165, 1.54) is 4.31 Å². The Hall–Kier alpha value is -1.44. The van der Waals surface area contributed by atoms with Crippen LogP contribution < -0.4 is 10.6 Å². The molecular formula is C20H31N3O3S. The molecule has 7 heteroatoms. The molecular weight excluding hydrogens is 362 g/mol. The van der Waals surface area contributed by atoms with E-state index in [9.17, 15) is 13.2 Å². The second-order valence-corrected chi connectivity index (χ2v) is 9.88. The van der Waals surface area contributed by atoms with Crippen molar-refractivity contribution in [2.75, 3.05) is 26.2 Å². The molecule has 1 aromatic rings. The predicted molar refractivity (Wildman–Crippen MR) is 106 cm³/mol. The summed E-state index contributed by atoms with van der Waals surface area (Å²) in [6.45, 7) is 6.65. The minimum atomic E-state index is -3.49. The molecule has 150 valence electrons. The first kappa shape index (κ1) is 20.3. The van der Waals surface area contributed by atoms with E-state index in [-0.39, 0.29) is 11.8 Å². The second-order valence-electron chi connectivity index (χ2n) is 7.94. The summed E-state index contributed by atoms with van der Waals surface area (Å²) in [5.41, 5.74) is 1.13. The van der Waals surface area contributed by atoms with Crippen LogP contribution in [0.3, 0.4) is 0 Å². The van der Waals surface area contributed by atoms with Crippen molar-refractivity contribution >= 4 is 15.9 Å². The first-order valence-electron chi connectivity index (χ1n) is 9.99. The van der Waals surface area contributed by atoms with Gasteiger partial charge in [0.15, 0.2) is 0 Å². The fourth-order valence-electron chi connectivity index (χ4n) is 3.83. The maximum absolute atomic E-state index is 12.9. The van der Waals surface area contributed by atoms with Crippen molar-refractivity contribution < 1.29 is 13.2 Å². The minimum absolute atomic E-state index is 0.0574. The van der Waals surface area contributed by atoms with Crippen LogP contribution in [0.5, 0.6) is 0 Å². The number of piperidine rings is 1. The van der Waals surface area contributed by atoms with E-state index in [4.69, 9.17) is 0 Å². The number of sulfonamides is 1. The average Bonchev–Trinajstić information content (AvgIpc) is 3.20. The SMILES string of the molecule is CC(C)c1ccc(S(=O)(=O)N2CCC(C(=O)NCC3CCCN3)CC2)cc1. The van der Waals surface area contributed by atoms with Crippen molar-refractivity contribution in [3.8, 4) is 0 Å². The van der Waals surface area contributed by atoms with Gasteiger partial charge in [-0.1, -0.05) is 26.0 Å². The maximum Gasteiger partial charge on any atom is 0.243 e. The molecule has 2 aliphatic heterocycles. The third-order valence-corrected chi connectivity index (χ3v) is 7.61. The number of carbonyl (C=O) groups excluding carboxylic acids is 1. The molecule has 0 aromatic heterocycles. The van der Waals surface area contributed by atoms with Crippen LogP contribution in [-0.2, 0) is 14.8 Å². The van der Waals surface area contributed by atoms with E-state index in [0.717, 1.165) is 24.9 Å². The van der Waals surface area contributed by atoms with Crippen LogP contribution in [0.15, 0.2) is 29.2 Å². The van der Waals surface area contributed by atoms with Crippen LogP contribution in [0.4, 0.5) is 0 Å². The standard InChI is InChI=1S/C20H31N3O3S/c1-15(2)16-5-7-19(8-6-16)27(25,26)23-12-9-17(10-13-23)20(24)22-14-18-4-3-11-21-18/h5-8,15,17-18,21H,3-4,9-14H2,1-2H3,(H,22,24). The molecule has 3 rings (SSSR count). The van der Waals surface area contributed by atoms with E-state index in [2.05, 4.69) is 24.5 Å². The Kier molecular flexibility index (Phi) is 6.55. The van der Waals surface area contributed by atoms with Gasteiger partial charge in [-0.05, 0) is 55.8 Å². The molecule has 0 saturated carbocycles. The van der Waals surface area contributed by atoms with Gasteiger partial charge in [-0.2, -0.15) is 4.31 Å². The molecule has 1 aromatic carbocycles. The Morgan fingerprint density at radius 2 is 1.85 bits per heavy atom. The van der Waals surface area contributed by atoms with Gasteiger partial charge in [0.1, 0.15) is 0 Å². The van der Waals surface area contributed by atoms with Gasteiger partial charge in [-0.15, -0.1) is 0 Å². The van der Waals surface area contributed by atoms with E-state index < -0.39 is 10.0 Å². The number of carbonyl (C=O) groups is 1.